The Labute approximate surface area is 245 Å². The van der Waals surface area contributed by atoms with E-state index in [1.807, 2.05) is 36.4 Å². The third kappa shape index (κ3) is 5.88. The summed E-state index contributed by atoms with van der Waals surface area (Å²) in [4.78, 5) is 2.35. The second-order valence-corrected chi connectivity index (χ2v) is 13.3. The Morgan fingerprint density at radius 1 is 0.610 bits per heavy atom. The molecular weight excluding hydrogens is 504 g/mol. The van der Waals surface area contributed by atoms with Gasteiger partial charge in [-0.1, -0.05) is 139 Å². The van der Waals surface area contributed by atoms with Gasteiger partial charge in [0.1, 0.15) is 24.6 Å². The van der Waals surface area contributed by atoms with Gasteiger partial charge in [-0.2, -0.15) is 0 Å². The number of hydrogen-bond donors (Lipinski definition) is 2. The van der Waals surface area contributed by atoms with Crippen LogP contribution in [-0.2, 0) is 23.9 Å². The van der Waals surface area contributed by atoms with Crippen molar-refractivity contribution in [3.63, 3.8) is 0 Å². The maximum Gasteiger partial charge on any atom is 0.236 e. The van der Waals surface area contributed by atoms with Crippen molar-refractivity contribution in [2.75, 3.05) is 0 Å². The lowest BCUT2D eigenvalue weighted by Gasteiger charge is -2.26. The molecule has 0 unspecified atom stereocenters. The zero-order valence-electron chi connectivity index (χ0n) is 25.2. The fraction of sp³-hybridized carbons (Fsp3) is 0.324. The summed E-state index contributed by atoms with van der Waals surface area (Å²) in [5.74, 6) is 0.732. The quantitative estimate of drug-likeness (QED) is 0.239. The number of nitrogens with zero attached hydrogens (tertiary/aromatic N) is 2. The Bertz CT molecular complexity index is 1530. The van der Waals surface area contributed by atoms with Crippen LogP contribution < -0.4 is 0 Å². The average Bonchev–Trinajstić information content (AvgIpc) is 3.28. The summed E-state index contributed by atoms with van der Waals surface area (Å²) in [6.07, 6.45) is 2.20. The molecule has 0 aliphatic carbocycles. The highest BCUT2D eigenvalue weighted by Crippen LogP contribution is 2.43. The molecule has 212 valence electrons. The molecule has 0 amide bonds. The molecule has 4 aromatic rings. The molecule has 0 saturated carbocycles. The molecule has 0 spiro atoms. The smallest absolute Gasteiger partial charge is 0.236 e. The van der Waals surface area contributed by atoms with Crippen LogP contribution in [0.25, 0.3) is 0 Å². The molecule has 0 bridgehead atoms. The van der Waals surface area contributed by atoms with Crippen molar-refractivity contribution in [2.45, 2.75) is 77.5 Å². The Morgan fingerprint density at radius 2 is 1.10 bits per heavy atom. The van der Waals surface area contributed by atoms with Gasteiger partial charge in [0.15, 0.2) is 12.1 Å². The molecule has 2 atom stereocenters. The second-order valence-electron chi connectivity index (χ2n) is 13.3. The molecule has 0 radical (unpaired) electrons. The average molecular weight is 548 g/mol. The van der Waals surface area contributed by atoms with E-state index >= 15 is 0 Å². The van der Waals surface area contributed by atoms with Gasteiger partial charge in [-0.25, -0.2) is 0 Å². The van der Waals surface area contributed by atoms with Crippen LogP contribution >= 0.6 is 0 Å². The van der Waals surface area contributed by atoms with Gasteiger partial charge in [0, 0.05) is 22.3 Å². The molecule has 4 nitrogen and oxygen atoms in total. The number of para-hydroxylation sites is 2. The fourth-order valence-electron chi connectivity index (χ4n) is 6.06. The number of phenolic OH excluding ortho intramolecular Hbond substituents is 2. The SMILES string of the molecule is CC(C)(C)c1cccc(CN2C=[N+](Cc3cccc(C(C)(C)C)c3O)[C@@H](c3ccccc3)[C@@H]2c2ccccc2)c1O. The topological polar surface area (TPSA) is 46.7 Å². The zero-order chi connectivity index (χ0) is 29.4. The summed E-state index contributed by atoms with van der Waals surface area (Å²) in [6, 6.07) is 33.4. The molecule has 1 heterocycles. The van der Waals surface area contributed by atoms with Crippen LogP contribution in [0.15, 0.2) is 97.1 Å². The minimum atomic E-state index is -0.165. The maximum atomic E-state index is 11.4. The summed E-state index contributed by atoms with van der Waals surface area (Å²) in [5.41, 5.74) is 5.79. The molecule has 1 aliphatic heterocycles. The van der Waals surface area contributed by atoms with E-state index in [-0.39, 0.29) is 22.9 Å². The number of hydrogen-bond acceptors (Lipinski definition) is 3. The van der Waals surface area contributed by atoms with Gasteiger partial charge in [-0.3, -0.25) is 9.48 Å². The Morgan fingerprint density at radius 3 is 1.63 bits per heavy atom. The van der Waals surface area contributed by atoms with E-state index in [2.05, 4.69) is 118 Å². The lowest BCUT2D eigenvalue weighted by Crippen LogP contribution is -2.26. The summed E-state index contributed by atoms with van der Waals surface area (Å²) in [7, 11) is 0. The first-order valence-electron chi connectivity index (χ1n) is 14.5. The summed E-state index contributed by atoms with van der Waals surface area (Å²) in [6.45, 7) is 13.9. The van der Waals surface area contributed by atoms with Crippen molar-refractivity contribution in [2.24, 2.45) is 0 Å². The summed E-state index contributed by atoms with van der Waals surface area (Å²) >= 11 is 0. The van der Waals surface area contributed by atoms with Gasteiger partial charge in [0.05, 0.1) is 0 Å². The molecule has 4 aromatic carbocycles. The molecule has 1 aliphatic rings. The van der Waals surface area contributed by atoms with Gasteiger partial charge in [-0.15, -0.1) is 0 Å². The van der Waals surface area contributed by atoms with E-state index in [1.54, 1.807) is 0 Å². The van der Waals surface area contributed by atoms with Crippen LogP contribution in [0.4, 0.5) is 0 Å². The van der Waals surface area contributed by atoms with Crippen molar-refractivity contribution in [1.82, 2.24) is 4.90 Å². The van der Waals surface area contributed by atoms with Crippen LogP contribution in [0.2, 0.25) is 0 Å². The van der Waals surface area contributed by atoms with E-state index in [0.29, 0.717) is 24.6 Å². The minimum absolute atomic E-state index is 0.00392. The number of aromatic hydroxyl groups is 2. The first kappa shape index (κ1) is 28.5. The second kappa shape index (κ2) is 11.1. The normalized spacial score (nSPS) is 17.5. The number of phenols is 2. The number of benzene rings is 4. The molecule has 0 aromatic heterocycles. The van der Waals surface area contributed by atoms with Crippen molar-refractivity contribution < 1.29 is 14.8 Å². The molecule has 0 fully saturated rings. The van der Waals surface area contributed by atoms with Crippen LogP contribution in [0, 0.1) is 0 Å². The van der Waals surface area contributed by atoms with Crippen molar-refractivity contribution in [1.29, 1.82) is 0 Å². The highest BCUT2D eigenvalue weighted by atomic mass is 16.3. The standard InChI is InChI=1S/C37H42N2O2/c1-36(2,3)30-21-13-19-28(34(30)40)23-38-25-39(24-29-20-14-22-31(35(29)41)37(4,5)6)33(27-17-11-8-12-18-27)32(38)26-15-9-7-10-16-26/h7-22,25,32-33H,23-24H2,1-6H3,(H-,40,41)/p+1/t32-,33-/m0/s1. The van der Waals surface area contributed by atoms with Gasteiger partial charge in [0.25, 0.3) is 0 Å². The largest absolute Gasteiger partial charge is 0.507 e. The van der Waals surface area contributed by atoms with Crippen molar-refractivity contribution in [3.05, 3.63) is 130 Å². The lowest BCUT2D eigenvalue weighted by atomic mass is 9.85. The van der Waals surface area contributed by atoms with Crippen LogP contribution in [-0.4, -0.2) is 26.0 Å². The van der Waals surface area contributed by atoms with Gasteiger partial charge >= 0.3 is 0 Å². The molecule has 0 saturated heterocycles. The zero-order valence-corrected chi connectivity index (χ0v) is 25.2. The minimum Gasteiger partial charge on any atom is -0.507 e. The molecule has 4 heteroatoms. The fourth-order valence-corrected chi connectivity index (χ4v) is 6.06. The Balaban J connectivity index is 1.63. The maximum absolute atomic E-state index is 11.4. The predicted molar refractivity (Wildman–Crippen MR) is 168 cm³/mol. The summed E-state index contributed by atoms with van der Waals surface area (Å²) < 4.78 is 2.35. The van der Waals surface area contributed by atoms with Crippen molar-refractivity contribution in [3.8, 4) is 11.5 Å². The van der Waals surface area contributed by atoms with E-state index in [0.717, 1.165) is 22.3 Å². The van der Waals surface area contributed by atoms with Gasteiger partial charge in [-0.05, 0) is 22.0 Å². The molecular formula is C37H43N2O2+. The highest BCUT2D eigenvalue weighted by molar-refractivity contribution is 5.56. The highest BCUT2D eigenvalue weighted by Gasteiger charge is 2.44. The first-order chi connectivity index (χ1) is 19.4. The van der Waals surface area contributed by atoms with E-state index in [4.69, 9.17) is 0 Å². The van der Waals surface area contributed by atoms with E-state index < -0.39 is 0 Å². The van der Waals surface area contributed by atoms with Gasteiger partial charge in [0.2, 0.25) is 6.34 Å². The Kier molecular flexibility index (Phi) is 7.70. The molecule has 2 N–H and O–H groups in total. The lowest BCUT2D eigenvalue weighted by molar-refractivity contribution is -0.578. The predicted octanol–water partition coefficient (Wildman–Crippen LogP) is 8.23. The van der Waals surface area contributed by atoms with Crippen molar-refractivity contribution >= 4 is 6.34 Å². The van der Waals surface area contributed by atoms with Crippen LogP contribution in [0.1, 0.15) is 87.0 Å². The van der Waals surface area contributed by atoms with Crippen LogP contribution in [0.5, 0.6) is 11.5 Å². The third-order valence-corrected chi connectivity index (χ3v) is 8.15. The third-order valence-electron chi connectivity index (χ3n) is 8.15. The molecule has 41 heavy (non-hydrogen) atoms. The van der Waals surface area contributed by atoms with Gasteiger partial charge < -0.3 is 10.2 Å². The molecule has 5 rings (SSSR count). The Hall–Kier alpha value is -4.05. The van der Waals surface area contributed by atoms with Crippen LogP contribution in [0.3, 0.4) is 0 Å². The van der Waals surface area contributed by atoms with E-state index in [9.17, 15) is 10.2 Å². The summed E-state index contributed by atoms with van der Waals surface area (Å²) in [5, 5.41) is 22.8. The van der Waals surface area contributed by atoms with E-state index in [1.165, 1.54) is 11.1 Å². The number of rotatable bonds is 6. The monoisotopic (exact) mass is 547 g/mol. The first-order valence-corrected chi connectivity index (χ1v) is 14.5.